The van der Waals surface area contributed by atoms with Crippen molar-refractivity contribution in [3.05, 3.63) is 18.6 Å². The Morgan fingerprint density at radius 2 is 2.00 bits per heavy atom. The summed E-state index contributed by atoms with van der Waals surface area (Å²) >= 11 is 0. The van der Waals surface area contributed by atoms with Crippen molar-refractivity contribution in [2.75, 3.05) is 0 Å². The second-order valence-corrected chi connectivity index (χ2v) is 1.59. The molecule has 0 atom stereocenters. The van der Waals surface area contributed by atoms with Crippen LogP contribution in [0.2, 0.25) is 0 Å². The summed E-state index contributed by atoms with van der Waals surface area (Å²) in [5, 5.41) is 0. The zero-order valence-electron chi connectivity index (χ0n) is 4.85. The number of hydrogen-bond acceptors (Lipinski definition) is 0. The Bertz CT molecular complexity index is 49.2. The van der Waals surface area contributed by atoms with E-state index < -0.39 is 0 Å². The summed E-state index contributed by atoms with van der Waals surface area (Å²) in [5.74, 6) is 0. The first-order valence-corrected chi connectivity index (χ1v) is 2.48. The van der Waals surface area contributed by atoms with Gasteiger partial charge in [-0.05, 0) is 25.7 Å². The van der Waals surface area contributed by atoms with E-state index in [-0.39, 0.29) is 51.4 Å². The third-order valence-corrected chi connectivity index (χ3v) is 1.01. The minimum Gasteiger partial charge on any atom is -0.0882 e. The van der Waals surface area contributed by atoms with Gasteiger partial charge >= 0.3 is 51.4 Å². The molecule has 0 bridgehead atoms. The van der Waals surface area contributed by atoms with E-state index in [0.29, 0.717) is 0 Å². The molecule has 0 N–H and O–H groups in total. The molecule has 0 aromatic heterocycles. The fourth-order valence-corrected chi connectivity index (χ4v) is 0.642. The van der Waals surface area contributed by atoms with Gasteiger partial charge in [0.1, 0.15) is 0 Å². The maximum atomic E-state index is 2.21. The van der Waals surface area contributed by atoms with Gasteiger partial charge in [0.05, 0.1) is 0 Å². The smallest absolute Gasteiger partial charge is 0.0882 e. The topological polar surface area (TPSA) is 0 Å². The summed E-state index contributed by atoms with van der Waals surface area (Å²) in [6, 6.07) is 0. The summed E-state index contributed by atoms with van der Waals surface area (Å²) in [5.41, 5.74) is 0. The Balaban J connectivity index is 0.000000360. The van der Waals surface area contributed by atoms with Gasteiger partial charge in [-0.2, -0.15) is 0 Å². The van der Waals surface area contributed by atoms with Crippen molar-refractivity contribution in [3.63, 3.8) is 0 Å². The molecule has 1 heteroatoms. The SMILES string of the molecule is [CH]1C=CCCC1.[K+]. The summed E-state index contributed by atoms with van der Waals surface area (Å²) in [6.45, 7) is 0. The van der Waals surface area contributed by atoms with Gasteiger partial charge in [0.15, 0.2) is 0 Å². The Morgan fingerprint density at radius 3 is 2.14 bits per heavy atom. The fourth-order valence-electron chi connectivity index (χ4n) is 0.642. The van der Waals surface area contributed by atoms with Crippen LogP contribution >= 0.6 is 0 Å². The molecule has 0 aromatic rings. The van der Waals surface area contributed by atoms with Gasteiger partial charge in [0.2, 0.25) is 0 Å². The molecule has 0 spiro atoms. The zero-order chi connectivity index (χ0) is 4.24. The second kappa shape index (κ2) is 5.51. The monoisotopic (exact) mass is 120 g/mol. The molecule has 0 saturated carbocycles. The van der Waals surface area contributed by atoms with Crippen LogP contribution < -0.4 is 51.4 Å². The van der Waals surface area contributed by atoms with Crippen molar-refractivity contribution in [2.45, 2.75) is 19.3 Å². The Hall–Kier alpha value is 1.38. The van der Waals surface area contributed by atoms with E-state index in [4.69, 9.17) is 0 Å². The third-order valence-electron chi connectivity index (χ3n) is 1.01. The van der Waals surface area contributed by atoms with Crippen LogP contribution in [0.1, 0.15) is 19.3 Å². The van der Waals surface area contributed by atoms with Gasteiger partial charge in [-0.15, -0.1) is 0 Å². The number of hydrogen-bond donors (Lipinski definition) is 0. The van der Waals surface area contributed by atoms with E-state index in [1.807, 2.05) is 0 Å². The summed E-state index contributed by atoms with van der Waals surface area (Å²) in [6.07, 6.45) is 10.5. The molecule has 1 radical (unpaired) electrons. The minimum atomic E-state index is 0. The van der Waals surface area contributed by atoms with E-state index in [2.05, 4.69) is 18.6 Å². The molecule has 1 aliphatic rings. The van der Waals surface area contributed by atoms with Crippen molar-refractivity contribution in [3.8, 4) is 0 Å². The first kappa shape index (κ1) is 8.38. The zero-order valence-corrected chi connectivity index (χ0v) is 7.98. The molecule has 0 aliphatic heterocycles. The van der Waals surface area contributed by atoms with Gasteiger partial charge in [0.25, 0.3) is 0 Å². The van der Waals surface area contributed by atoms with Gasteiger partial charge in [0, 0.05) is 0 Å². The summed E-state index contributed by atoms with van der Waals surface area (Å²) < 4.78 is 0. The van der Waals surface area contributed by atoms with Gasteiger partial charge < -0.3 is 0 Å². The maximum absolute atomic E-state index is 2.21. The Morgan fingerprint density at radius 1 is 1.14 bits per heavy atom. The van der Waals surface area contributed by atoms with Gasteiger partial charge in [-0.3, -0.25) is 0 Å². The quantitative estimate of drug-likeness (QED) is 0.357. The van der Waals surface area contributed by atoms with Crippen molar-refractivity contribution >= 4 is 0 Å². The fraction of sp³-hybridized carbons (Fsp3) is 0.500. The largest absolute Gasteiger partial charge is 1.00 e. The minimum absolute atomic E-state index is 0. The maximum Gasteiger partial charge on any atom is 1.00 e. The molecule has 0 saturated heterocycles. The van der Waals surface area contributed by atoms with Gasteiger partial charge in [-0.1, -0.05) is 12.2 Å². The van der Waals surface area contributed by atoms with Crippen molar-refractivity contribution in [2.24, 2.45) is 0 Å². The molecule has 0 nitrogen and oxygen atoms in total. The molecule has 7 heavy (non-hydrogen) atoms. The normalized spacial score (nSPS) is 18.3. The van der Waals surface area contributed by atoms with Crippen LogP contribution in [0.4, 0.5) is 0 Å². The molecular weight excluding hydrogens is 111 g/mol. The van der Waals surface area contributed by atoms with Crippen molar-refractivity contribution < 1.29 is 51.4 Å². The molecule has 0 amide bonds. The molecule has 1 rings (SSSR count). The number of rotatable bonds is 0. The molecule has 33 valence electrons. The summed E-state index contributed by atoms with van der Waals surface area (Å²) in [7, 11) is 0. The molecule has 0 aromatic carbocycles. The van der Waals surface area contributed by atoms with Crippen LogP contribution in [0.5, 0.6) is 0 Å². The average Bonchev–Trinajstić information content (AvgIpc) is 1.72. The van der Waals surface area contributed by atoms with E-state index in [1.54, 1.807) is 0 Å². The standard InChI is InChI=1S/C6H9.K/c1-2-4-6-5-3-1;/h1-3H,4-6H2;/q;+1. The van der Waals surface area contributed by atoms with Crippen LogP contribution in [0.25, 0.3) is 0 Å². The van der Waals surface area contributed by atoms with E-state index >= 15 is 0 Å². The van der Waals surface area contributed by atoms with E-state index in [1.165, 1.54) is 19.3 Å². The molecule has 0 heterocycles. The first-order chi connectivity index (χ1) is 3.00. The summed E-state index contributed by atoms with van der Waals surface area (Å²) in [4.78, 5) is 0. The molecule has 0 unspecified atom stereocenters. The van der Waals surface area contributed by atoms with E-state index in [0.717, 1.165) is 0 Å². The van der Waals surface area contributed by atoms with E-state index in [9.17, 15) is 0 Å². The van der Waals surface area contributed by atoms with Crippen LogP contribution in [-0.4, -0.2) is 0 Å². The first-order valence-electron chi connectivity index (χ1n) is 2.48. The van der Waals surface area contributed by atoms with Crippen LogP contribution in [0, 0.1) is 6.42 Å². The predicted molar refractivity (Wildman–Crippen MR) is 27.3 cm³/mol. The molecule has 0 fully saturated rings. The Kier molecular flexibility index (Phi) is 6.60. The number of allylic oxidation sites excluding steroid dienone is 2. The van der Waals surface area contributed by atoms with Crippen molar-refractivity contribution in [1.29, 1.82) is 0 Å². The van der Waals surface area contributed by atoms with Crippen LogP contribution in [-0.2, 0) is 0 Å². The average molecular weight is 120 g/mol. The van der Waals surface area contributed by atoms with Crippen molar-refractivity contribution in [1.82, 2.24) is 0 Å². The van der Waals surface area contributed by atoms with Crippen LogP contribution in [0.15, 0.2) is 12.2 Å². The Labute approximate surface area is 87.8 Å². The predicted octanol–water partition coefficient (Wildman–Crippen LogP) is -1.07. The second-order valence-electron chi connectivity index (χ2n) is 1.59. The molecular formula is C6H9K+. The van der Waals surface area contributed by atoms with Crippen LogP contribution in [0.3, 0.4) is 0 Å². The molecule has 1 aliphatic carbocycles. The third kappa shape index (κ3) is 3.92. The van der Waals surface area contributed by atoms with Gasteiger partial charge in [-0.25, -0.2) is 0 Å².